The number of nitrogens with one attached hydrogen (secondary N) is 1. The fourth-order valence-electron chi connectivity index (χ4n) is 2.40. The van der Waals surface area contributed by atoms with E-state index in [4.69, 9.17) is 9.47 Å². The number of ether oxygens (including phenoxy) is 2. The summed E-state index contributed by atoms with van der Waals surface area (Å²) in [5, 5.41) is 5.02. The molecule has 0 aliphatic carbocycles. The SMILES string of the molecule is COc1ccc(/C=N/Nc2nc(-c3ccccc3)c(C)s2)cc1OC. The van der Waals surface area contributed by atoms with Gasteiger partial charge in [-0.05, 0) is 30.7 Å². The van der Waals surface area contributed by atoms with Crippen molar-refractivity contribution in [2.24, 2.45) is 5.10 Å². The third kappa shape index (κ3) is 3.97. The van der Waals surface area contributed by atoms with Crippen molar-refractivity contribution in [3.8, 4) is 22.8 Å². The summed E-state index contributed by atoms with van der Waals surface area (Å²) in [5.74, 6) is 1.36. The van der Waals surface area contributed by atoms with E-state index in [2.05, 4.69) is 34.6 Å². The van der Waals surface area contributed by atoms with Crippen LogP contribution in [0.5, 0.6) is 11.5 Å². The summed E-state index contributed by atoms with van der Waals surface area (Å²) in [5.41, 5.74) is 5.99. The van der Waals surface area contributed by atoms with Crippen molar-refractivity contribution in [2.45, 2.75) is 6.92 Å². The third-order valence-corrected chi connectivity index (χ3v) is 4.50. The number of nitrogens with zero attached hydrogens (tertiary/aromatic N) is 2. The summed E-state index contributed by atoms with van der Waals surface area (Å²) < 4.78 is 10.5. The molecule has 0 atom stereocenters. The fourth-order valence-corrected chi connectivity index (χ4v) is 3.19. The normalized spacial score (nSPS) is 10.8. The van der Waals surface area contributed by atoms with E-state index in [0.717, 1.165) is 26.8 Å². The number of aromatic nitrogens is 1. The Labute approximate surface area is 151 Å². The average molecular weight is 353 g/mol. The molecule has 0 aliphatic heterocycles. The van der Waals surface area contributed by atoms with Gasteiger partial charge in [-0.2, -0.15) is 5.10 Å². The van der Waals surface area contributed by atoms with Gasteiger partial charge in [0, 0.05) is 10.4 Å². The van der Waals surface area contributed by atoms with Gasteiger partial charge in [0.05, 0.1) is 26.1 Å². The number of hydrazone groups is 1. The van der Waals surface area contributed by atoms with E-state index in [9.17, 15) is 0 Å². The van der Waals surface area contributed by atoms with Crippen molar-refractivity contribution in [2.75, 3.05) is 19.6 Å². The van der Waals surface area contributed by atoms with Crippen molar-refractivity contribution >= 4 is 22.7 Å². The summed E-state index contributed by atoms with van der Waals surface area (Å²) in [6, 6.07) is 15.8. The topological polar surface area (TPSA) is 55.7 Å². The highest BCUT2D eigenvalue weighted by Gasteiger charge is 2.09. The van der Waals surface area contributed by atoms with Crippen molar-refractivity contribution in [3.63, 3.8) is 0 Å². The first kappa shape index (κ1) is 17.0. The Balaban J connectivity index is 1.73. The second kappa shape index (κ2) is 7.81. The van der Waals surface area contributed by atoms with Crippen LogP contribution >= 0.6 is 11.3 Å². The van der Waals surface area contributed by atoms with Crippen molar-refractivity contribution in [3.05, 3.63) is 59.0 Å². The van der Waals surface area contributed by atoms with Gasteiger partial charge in [-0.25, -0.2) is 4.98 Å². The lowest BCUT2D eigenvalue weighted by atomic mass is 10.1. The molecule has 0 aliphatic rings. The fraction of sp³-hybridized carbons (Fsp3) is 0.158. The van der Waals surface area contributed by atoms with E-state index in [1.807, 2.05) is 36.4 Å². The molecule has 0 saturated carbocycles. The summed E-state index contributed by atoms with van der Waals surface area (Å²) in [7, 11) is 3.22. The van der Waals surface area contributed by atoms with E-state index in [0.29, 0.717) is 11.5 Å². The van der Waals surface area contributed by atoms with Crippen LogP contribution in [0.3, 0.4) is 0 Å². The minimum atomic E-state index is 0.669. The summed E-state index contributed by atoms with van der Waals surface area (Å²) in [4.78, 5) is 5.77. The monoisotopic (exact) mass is 353 g/mol. The average Bonchev–Trinajstić information content (AvgIpc) is 3.03. The first-order valence-corrected chi connectivity index (χ1v) is 8.57. The molecule has 1 N–H and O–H groups in total. The van der Waals surface area contributed by atoms with Gasteiger partial charge >= 0.3 is 0 Å². The van der Waals surface area contributed by atoms with Crippen LogP contribution in [-0.2, 0) is 0 Å². The largest absolute Gasteiger partial charge is 0.493 e. The van der Waals surface area contributed by atoms with Gasteiger partial charge < -0.3 is 9.47 Å². The predicted molar refractivity (Wildman–Crippen MR) is 103 cm³/mol. The number of hydrogen-bond acceptors (Lipinski definition) is 6. The van der Waals surface area contributed by atoms with Gasteiger partial charge in [-0.1, -0.05) is 30.3 Å². The minimum Gasteiger partial charge on any atom is -0.493 e. The highest BCUT2D eigenvalue weighted by molar-refractivity contribution is 7.15. The van der Waals surface area contributed by atoms with Gasteiger partial charge in [0.25, 0.3) is 0 Å². The number of rotatable bonds is 6. The maximum Gasteiger partial charge on any atom is 0.204 e. The molecule has 0 spiro atoms. The Morgan fingerprint density at radius 1 is 1.04 bits per heavy atom. The molecule has 1 heterocycles. The Morgan fingerprint density at radius 3 is 2.52 bits per heavy atom. The Bertz CT molecular complexity index is 876. The van der Waals surface area contributed by atoms with Crippen LogP contribution in [0.15, 0.2) is 53.6 Å². The number of thiazole rings is 1. The Kier molecular flexibility index (Phi) is 5.30. The molecular formula is C19H19N3O2S. The molecule has 1 aromatic heterocycles. The standard InChI is InChI=1S/C19H19N3O2S/c1-13-18(15-7-5-4-6-8-15)21-19(25-13)22-20-12-14-9-10-16(23-2)17(11-14)24-3/h4-12H,1-3H3,(H,21,22)/b20-12+. The second-order valence-electron chi connectivity index (χ2n) is 5.27. The van der Waals surface area contributed by atoms with Crippen LogP contribution in [0.25, 0.3) is 11.3 Å². The van der Waals surface area contributed by atoms with Crippen LogP contribution in [0, 0.1) is 6.92 Å². The molecule has 2 aromatic carbocycles. The Hall–Kier alpha value is -2.86. The van der Waals surface area contributed by atoms with Crippen molar-refractivity contribution in [1.29, 1.82) is 0 Å². The maximum absolute atomic E-state index is 5.29. The highest BCUT2D eigenvalue weighted by Crippen LogP contribution is 2.30. The van der Waals surface area contributed by atoms with Crippen LogP contribution < -0.4 is 14.9 Å². The number of methoxy groups -OCH3 is 2. The molecule has 3 rings (SSSR count). The number of anilines is 1. The molecule has 3 aromatic rings. The van der Waals surface area contributed by atoms with Crippen LogP contribution in [-0.4, -0.2) is 25.4 Å². The molecule has 6 heteroatoms. The van der Waals surface area contributed by atoms with Gasteiger partial charge in [0.1, 0.15) is 0 Å². The molecule has 0 amide bonds. The van der Waals surface area contributed by atoms with E-state index in [-0.39, 0.29) is 0 Å². The number of benzene rings is 2. The van der Waals surface area contributed by atoms with Crippen LogP contribution in [0.4, 0.5) is 5.13 Å². The van der Waals surface area contributed by atoms with Gasteiger partial charge in [0.2, 0.25) is 5.13 Å². The quantitative estimate of drug-likeness (QED) is 0.520. The zero-order valence-corrected chi connectivity index (χ0v) is 15.1. The lowest BCUT2D eigenvalue weighted by Crippen LogP contribution is -1.93. The van der Waals surface area contributed by atoms with Gasteiger partial charge in [-0.3, -0.25) is 5.43 Å². The highest BCUT2D eigenvalue weighted by atomic mass is 32.1. The second-order valence-corrected chi connectivity index (χ2v) is 6.48. The van der Waals surface area contributed by atoms with Gasteiger partial charge in [0.15, 0.2) is 11.5 Å². The molecule has 0 unspecified atom stereocenters. The molecule has 128 valence electrons. The van der Waals surface area contributed by atoms with E-state index < -0.39 is 0 Å². The van der Waals surface area contributed by atoms with Crippen LogP contribution in [0.2, 0.25) is 0 Å². The molecule has 0 fully saturated rings. The zero-order chi connectivity index (χ0) is 17.6. The summed E-state index contributed by atoms with van der Waals surface area (Å²) in [6.07, 6.45) is 1.72. The van der Waals surface area contributed by atoms with Gasteiger partial charge in [-0.15, -0.1) is 11.3 Å². The molecule has 25 heavy (non-hydrogen) atoms. The summed E-state index contributed by atoms with van der Waals surface area (Å²) >= 11 is 1.58. The van der Waals surface area contributed by atoms with Crippen LogP contribution in [0.1, 0.15) is 10.4 Å². The van der Waals surface area contributed by atoms with E-state index in [1.165, 1.54) is 0 Å². The first-order chi connectivity index (χ1) is 12.2. The number of aryl methyl sites for hydroxylation is 1. The van der Waals surface area contributed by atoms with Crippen molar-refractivity contribution in [1.82, 2.24) is 4.98 Å². The molecule has 0 bridgehead atoms. The molecule has 5 nitrogen and oxygen atoms in total. The van der Waals surface area contributed by atoms with Crippen molar-refractivity contribution < 1.29 is 9.47 Å². The first-order valence-electron chi connectivity index (χ1n) is 7.75. The third-order valence-electron chi connectivity index (χ3n) is 3.63. The molecule has 0 saturated heterocycles. The zero-order valence-electron chi connectivity index (χ0n) is 14.3. The van der Waals surface area contributed by atoms with E-state index >= 15 is 0 Å². The Morgan fingerprint density at radius 2 is 1.80 bits per heavy atom. The molecule has 0 radical (unpaired) electrons. The maximum atomic E-state index is 5.29. The summed E-state index contributed by atoms with van der Waals surface area (Å²) in [6.45, 7) is 2.06. The smallest absolute Gasteiger partial charge is 0.204 e. The minimum absolute atomic E-state index is 0.669. The predicted octanol–water partition coefficient (Wildman–Crippen LogP) is 4.58. The molecular weight excluding hydrogens is 334 g/mol. The van der Waals surface area contributed by atoms with E-state index in [1.54, 1.807) is 31.8 Å². The lowest BCUT2D eigenvalue weighted by Gasteiger charge is -2.07. The lowest BCUT2D eigenvalue weighted by molar-refractivity contribution is 0.355. The number of hydrogen-bond donors (Lipinski definition) is 1.